The number of rotatable bonds is 11. The summed E-state index contributed by atoms with van der Waals surface area (Å²) < 4.78 is 12.5. The van der Waals surface area contributed by atoms with Crippen LogP contribution in [-0.4, -0.2) is 19.1 Å². The number of aryl methyl sites for hydroxylation is 1. The summed E-state index contributed by atoms with van der Waals surface area (Å²) in [6.45, 7) is 3.36. The van der Waals surface area contributed by atoms with Crippen molar-refractivity contribution in [2.24, 2.45) is 0 Å². The zero-order valence-electron chi connectivity index (χ0n) is 17.8. The van der Waals surface area contributed by atoms with Gasteiger partial charge in [0.25, 0.3) is 5.91 Å². The van der Waals surface area contributed by atoms with Gasteiger partial charge in [-0.15, -0.1) is 0 Å². The quantitative estimate of drug-likeness (QED) is 0.303. The summed E-state index contributed by atoms with van der Waals surface area (Å²) in [7, 11) is 0. The molecule has 5 heteroatoms. The number of amides is 1. The molecule has 162 valence electrons. The van der Waals surface area contributed by atoms with Gasteiger partial charge in [-0.05, 0) is 71.1 Å². The largest absolute Gasteiger partial charge is 0.492 e. The van der Waals surface area contributed by atoms with Crippen molar-refractivity contribution in [2.45, 2.75) is 32.6 Å². The Kier molecular flexibility index (Phi) is 8.98. The molecule has 0 aliphatic heterocycles. The molecule has 0 heterocycles. The van der Waals surface area contributed by atoms with Crippen molar-refractivity contribution >= 4 is 27.5 Å². The highest BCUT2D eigenvalue weighted by Crippen LogP contribution is 2.28. The van der Waals surface area contributed by atoms with Gasteiger partial charge < -0.3 is 14.8 Å². The summed E-state index contributed by atoms with van der Waals surface area (Å²) in [5.74, 6) is 1.22. The van der Waals surface area contributed by atoms with Crippen molar-refractivity contribution in [3.05, 3.63) is 88.4 Å². The van der Waals surface area contributed by atoms with Crippen LogP contribution in [0.3, 0.4) is 0 Å². The highest BCUT2D eigenvalue weighted by atomic mass is 79.9. The SMILES string of the molecule is CCCCOc1ccc(C(=O)Nc2ccccc2OCCCc2ccccc2)cc1Br. The van der Waals surface area contributed by atoms with Gasteiger partial charge in [0.05, 0.1) is 23.4 Å². The summed E-state index contributed by atoms with van der Waals surface area (Å²) in [5.41, 5.74) is 2.50. The van der Waals surface area contributed by atoms with E-state index in [1.54, 1.807) is 12.1 Å². The molecule has 0 radical (unpaired) electrons. The van der Waals surface area contributed by atoms with Crippen molar-refractivity contribution < 1.29 is 14.3 Å². The number of anilines is 1. The fourth-order valence-corrected chi connectivity index (χ4v) is 3.57. The van der Waals surface area contributed by atoms with Gasteiger partial charge in [0.15, 0.2) is 0 Å². The summed E-state index contributed by atoms with van der Waals surface area (Å²) in [5, 5.41) is 2.96. The zero-order chi connectivity index (χ0) is 21.9. The maximum absolute atomic E-state index is 12.8. The Hall–Kier alpha value is -2.79. The number of carbonyl (C=O) groups excluding carboxylic acids is 1. The third-order valence-electron chi connectivity index (χ3n) is 4.79. The number of para-hydroxylation sites is 2. The highest BCUT2D eigenvalue weighted by Gasteiger charge is 2.12. The Bertz CT molecular complexity index is 975. The van der Waals surface area contributed by atoms with E-state index in [0.717, 1.165) is 35.9 Å². The van der Waals surface area contributed by atoms with Crippen LogP contribution in [0.4, 0.5) is 5.69 Å². The van der Waals surface area contributed by atoms with Crippen molar-refractivity contribution in [1.82, 2.24) is 0 Å². The van der Waals surface area contributed by atoms with E-state index in [0.29, 0.717) is 30.2 Å². The van der Waals surface area contributed by atoms with E-state index in [-0.39, 0.29) is 5.91 Å². The van der Waals surface area contributed by atoms with Crippen LogP contribution in [0.15, 0.2) is 77.3 Å². The minimum atomic E-state index is -0.193. The summed E-state index contributed by atoms with van der Waals surface area (Å²) in [6, 6.07) is 23.2. The summed E-state index contributed by atoms with van der Waals surface area (Å²) >= 11 is 3.50. The predicted molar refractivity (Wildman–Crippen MR) is 129 cm³/mol. The predicted octanol–water partition coefficient (Wildman–Crippen LogP) is 6.89. The lowest BCUT2D eigenvalue weighted by molar-refractivity contribution is 0.102. The third-order valence-corrected chi connectivity index (χ3v) is 5.41. The van der Waals surface area contributed by atoms with Crippen LogP contribution in [0.25, 0.3) is 0 Å². The lowest BCUT2D eigenvalue weighted by Gasteiger charge is -2.13. The first-order valence-corrected chi connectivity index (χ1v) is 11.5. The molecule has 0 fully saturated rings. The van der Waals surface area contributed by atoms with Crippen LogP contribution in [0.1, 0.15) is 42.1 Å². The molecule has 1 amide bonds. The smallest absolute Gasteiger partial charge is 0.255 e. The van der Waals surface area contributed by atoms with Crippen molar-refractivity contribution in [3.8, 4) is 11.5 Å². The standard InChI is InChI=1S/C26H28BrNO3/c1-2-3-17-30-24-16-15-21(19-22(24)27)26(29)28-23-13-7-8-14-25(23)31-18-9-12-20-10-5-4-6-11-20/h4-8,10-11,13-16,19H,2-3,9,12,17-18H2,1H3,(H,28,29). The number of carbonyl (C=O) groups is 1. The maximum Gasteiger partial charge on any atom is 0.255 e. The lowest BCUT2D eigenvalue weighted by atomic mass is 10.1. The van der Waals surface area contributed by atoms with Crippen LogP contribution >= 0.6 is 15.9 Å². The van der Waals surface area contributed by atoms with Gasteiger partial charge in [0.1, 0.15) is 11.5 Å². The number of halogens is 1. The maximum atomic E-state index is 12.8. The molecular formula is C26H28BrNO3. The fraction of sp³-hybridized carbons (Fsp3) is 0.269. The molecule has 0 atom stereocenters. The number of benzene rings is 3. The Morgan fingerprint density at radius 1 is 0.871 bits per heavy atom. The first kappa shape index (κ1) is 22.9. The van der Waals surface area contributed by atoms with E-state index < -0.39 is 0 Å². The first-order chi connectivity index (χ1) is 15.2. The van der Waals surface area contributed by atoms with Crippen LogP contribution < -0.4 is 14.8 Å². The van der Waals surface area contributed by atoms with Gasteiger partial charge in [-0.3, -0.25) is 4.79 Å². The van der Waals surface area contributed by atoms with Gasteiger partial charge in [-0.1, -0.05) is 55.8 Å². The molecule has 3 aromatic carbocycles. The minimum Gasteiger partial charge on any atom is -0.492 e. The van der Waals surface area contributed by atoms with E-state index >= 15 is 0 Å². The molecule has 0 saturated carbocycles. The molecule has 0 saturated heterocycles. The van der Waals surface area contributed by atoms with Gasteiger partial charge in [0, 0.05) is 5.56 Å². The van der Waals surface area contributed by atoms with Gasteiger partial charge in [-0.25, -0.2) is 0 Å². The molecule has 0 bridgehead atoms. The third kappa shape index (κ3) is 7.14. The second kappa shape index (κ2) is 12.2. The molecule has 3 aromatic rings. The molecule has 0 aliphatic carbocycles. The van der Waals surface area contributed by atoms with Crippen LogP contribution in [-0.2, 0) is 6.42 Å². The normalized spacial score (nSPS) is 10.5. The second-order valence-electron chi connectivity index (χ2n) is 7.24. The molecule has 1 N–H and O–H groups in total. The van der Waals surface area contributed by atoms with E-state index in [1.807, 2.05) is 48.5 Å². The van der Waals surface area contributed by atoms with E-state index in [2.05, 4.69) is 40.3 Å². The van der Waals surface area contributed by atoms with E-state index in [9.17, 15) is 4.79 Å². The topological polar surface area (TPSA) is 47.6 Å². The number of nitrogens with one attached hydrogen (secondary N) is 1. The summed E-state index contributed by atoms with van der Waals surface area (Å²) in [4.78, 5) is 12.8. The molecular weight excluding hydrogens is 454 g/mol. The molecule has 3 rings (SSSR count). The van der Waals surface area contributed by atoms with E-state index in [4.69, 9.17) is 9.47 Å². The molecule has 0 aliphatic rings. The Labute approximate surface area is 192 Å². The van der Waals surface area contributed by atoms with Gasteiger partial charge in [0.2, 0.25) is 0 Å². The molecule has 31 heavy (non-hydrogen) atoms. The monoisotopic (exact) mass is 481 g/mol. The van der Waals surface area contributed by atoms with Crippen LogP contribution in [0.2, 0.25) is 0 Å². The number of hydrogen-bond acceptors (Lipinski definition) is 3. The molecule has 0 spiro atoms. The lowest BCUT2D eigenvalue weighted by Crippen LogP contribution is -2.13. The summed E-state index contributed by atoms with van der Waals surface area (Å²) in [6.07, 6.45) is 3.93. The average molecular weight is 482 g/mol. The average Bonchev–Trinajstić information content (AvgIpc) is 2.79. The Morgan fingerprint density at radius 3 is 2.35 bits per heavy atom. The highest BCUT2D eigenvalue weighted by molar-refractivity contribution is 9.10. The van der Waals surface area contributed by atoms with Gasteiger partial charge in [-0.2, -0.15) is 0 Å². The van der Waals surface area contributed by atoms with Crippen molar-refractivity contribution in [3.63, 3.8) is 0 Å². The van der Waals surface area contributed by atoms with Gasteiger partial charge >= 0.3 is 0 Å². The molecule has 4 nitrogen and oxygen atoms in total. The van der Waals surface area contributed by atoms with Crippen molar-refractivity contribution in [2.75, 3.05) is 18.5 Å². The molecule has 0 aromatic heterocycles. The number of hydrogen-bond donors (Lipinski definition) is 1. The number of unbranched alkanes of at least 4 members (excludes halogenated alkanes) is 1. The zero-order valence-corrected chi connectivity index (χ0v) is 19.4. The Balaban J connectivity index is 1.57. The fourth-order valence-electron chi connectivity index (χ4n) is 3.08. The van der Waals surface area contributed by atoms with Crippen LogP contribution in [0, 0.1) is 0 Å². The van der Waals surface area contributed by atoms with E-state index in [1.165, 1.54) is 5.56 Å². The Morgan fingerprint density at radius 2 is 1.58 bits per heavy atom. The molecule has 0 unspecified atom stereocenters. The minimum absolute atomic E-state index is 0.193. The number of ether oxygens (including phenoxy) is 2. The first-order valence-electron chi connectivity index (χ1n) is 10.7. The van der Waals surface area contributed by atoms with Crippen molar-refractivity contribution in [1.29, 1.82) is 0 Å². The van der Waals surface area contributed by atoms with Crippen LogP contribution in [0.5, 0.6) is 11.5 Å². The second-order valence-corrected chi connectivity index (χ2v) is 8.09.